The standard InChI is InChI=1S/C13H18FNO4S2/c1-19-13(16)11-6-5-10(14)9-12(11)21(17,18)15-7-3-4-8-20-2/h5-6,9,15H,3-4,7-8H2,1-2H3. The lowest BCUT2D eigenvalue weighted by molar-refractivity contribution is 0.0596. The Balaban J connectivity index is 2.91. The summed E-state index contributed by atoms with van der Waals surface area (Å²) in [6.07, 6.45) is 3.51. The highest BCUT2D eigenvalue weighted by Crippen LogP contribution is 2.18. The zero-order valence-corrected chi connectivity index (χ0v) is 13.5. The average Bonchev–Trinajstić information content (AvgIpc) is 2.46. The molecular weight excluding hydrogens is 317 g/mol. The Labute approximate surface area is 128 Å². The first-order chi connectivity index (χ1) is 9.92. The van der Waals surface area contributed by atoms with Gasteiger partial charge in [-0.15, -0.1) is 0 Å². The molecule has 0 spiro atoms. The molecule has 0 aliphatic rings. The second-order valence-electron chi connectivity index (χ2n) is 4.23. The Hall–Kier alpha value is -1.12. The number of hydrogen-bond acceptors (Lipinski definition) is 5. The Bertz CT molecular complexity index is 590. The van der Waals surface area contributed by atoms with Crippen LogP contribution in [0.5, 0.6) is 0 Å². The molecule has 0 fully saturated rings. The highest BCUT2D eigenvalue weighted by atomic mass is 32.2. The second-order valence-corrected chi connectivity index (χ2v) is 6.95. The van der Waals surface area contributed by atoms with Crippen LogP contribution in [0.4, 0.5) is 4.39 Å². The number of halogens is 1. The molecule has 21 heavy (non-hydrogen) atoms. The molecule has 0 atom stereocenters. The van der Waals surface area contributed by atoms with E-state index in [1.807, 2.05) is 6.26 Å². The molecule has 0 amide bonds. The van der Waals surface area contributed by atoms with Gasteiger partial charge in [0.1, 0.15) is 5.82 Å². The van der Waals surface area contributed by atoms with Crippen molar-refractivity contribution in [1.29, 1.82) is 0 Å². The molecule has 0 heterocycles. The maximum Gasteiger partial charge on any atom is 0.339 e. The largest absolute Gasteiger partial charge is 0.465 e. The number of benzene rings is 1. The highest BCUT2D eigenvalue weighted by molar-refractivity contribution is 7.98. The summed E-state index contributed by atoms with van der Waals surface area (Å²) in [7, 11) is -2.82. The Morgan fingerprint density at radius 1 is 1.38 bits per heavy atom. The lowest BCUT2D eigenvalue weighted by atomic mass is 10.2. The number of nitrogens with one attached hydrogen (secondary N) is 1. The third kappa shape index (κ3) is 5.29. The minimum Gasteiger partial charge on any atom is -0.465 e. The van der Waals surface area contributed by atoms with Gasteiger partial charge in [-0.3, -0.25) is 0 Å². The van der Waals surface area contributed by atoms with Crippen molar-refractivity contribution >= 4 is 27.8 Å². The fourth-order valence-corrected chi connectivity index (χ4v) is 3.42. The van der Waals surface area contributed by atoms with Crippen LogP contribution in [-0.2, 0) is 14.8 Å². The maximum absolute atomic E-state index is 13.3. The molecule has 0 aromatic heterocycles. The number of esters is 1. The number of hydrogen-bond donors (Lipinski definition) is 1. The van der Waals surface area contributed by atoms with E-state index < -0.39 is 26.7 Å². The molecule has 0 saturated heterocycles. The molecule has 5 nitrogen and oxygen atoms in total. The predicted molar refractivity (Wildman–Crippen MR) is 80.5 cm³/mol. The van der Waals surface area contributed by atoms with Crippen LogP contribution in [-0.4, -0.2) is 40.1 Å². The fraction of sp³-hybridized carbons (Fsp3) is 0.462. The van der Waals surface area contributed by atoms with Gasteiger partial charge in [-0.1, -0.05) is 0 Å². The molecule has 1 aromatic carbocycles. The fourth-order valence-electron chi connectivity index (χ4n) is 1.65. The van der Waals surface area contributed by atoms with E-state index in [1.165, 1.54) is 0 Å². The molecule has 8 heteroatoms. The molecule has 0 aliphatic carbocycles. The molecule has 118 valence electrons. The number of sulfonamides is 1. The number of methoxy groups -OCH3 is 1. The number of ether oxygens (including phenoxy) is 1. The molecule has 0 saturated carbocycles. The Kier molecular flexibility index (Phi) is 7.13. The average molecular weight is 335 g/mol. The topological polar surface area (TPSA) is 72.5 Å². The second kappa shape index (κ2) is 8.35. The lowest BCUT2D eigenvalue weighted by Crippen LogP contribution is -2.27. The molecule has 0 radical (unpaired) electrons. The van der Waals surface area contributed by atoms with E-state index in [4.69, 9.17) is 0 Å². The van der Waals surface area contributed by atoms with Crippen LogP contribution in [0.3, 0.4) is 0 Å². The van der Waals surface area contributed by atoms with Gasteiger partial charge < -0.3 is 4.74 Å². The summed E-state index contributed by atoms with van der Waals surface area (Å²) < 4.78 is 44.5. The molecule has 1 rings (SSSR count). The van der Waals surface area contributed by atoms with Crippen LogP contribution in [0.1, 0.15) is 23.2 Å². The van der Waals surface area contributed by atoms with Gasteiger partial charge in [-0.05, 0) is 43.0 Å². The Morgan fingerprint density at radius 3 is 2.71 bits per heavy atom. The van der Waals surface area contributed by atoms with Crippen molar-refractivity contribution in [3.63, 3.8) is 0 Å². The molecular formula is C13H18FNO4S2. The third-order valence-electron chi connectivity index (χ3n) is 2.71. The van der Waals surface area contributed by atoms with Crippen molar-refractivity contribution in [2.45, 2.75) is 17.7 Å². The minimum atomic E-state index is -3.95. The van der Waals surface area contributed by atoms with Crippen molar-refractivity contribution < 1.29 is 22.3 Å². The lowest BCUT2D eigenvalue weighted by Gasteiger charge is -2.10. The van der Waals surface area contributed by atoms with Crippen molar-refractivity contribution in [3.05, 3.63) is 29.6 Å². The van der Waals surface area contributed by atoms with Gasteiger partial charge in [0.15, 0.2) is 0 Å². The van der Waals surface area contributed by atoms with Gasteiger partial charge in [0.25, 0.3) is 0 Å². The number of carbonyl (C=O) groups excluding carboxylic acids is 1. The van der Waals surface area contributed by atoms with Gasteiger partial charge in [-0.2, -0.15) is 11.8 Å². The van der Waals surface area contributed by atoms with Gasteiger partial charge in [0, 0.05) is 6.54 Å². The van der Waals surface area contributed by atoms with Crippen molar-refractivity contribution in [2.24, 2.45) is 0 Å². The van der Waals surface area contributed by atoms with Crippen LogP contribution >= 0.6 is 11.8 Å². The van der Waals surface area contributed by atoms with E-state index in [9.17, 15) is 17.6 Å². The van der Waals surface area contributed by atoms with E-state index >= 15 is 0 Å². The molecule has 1 N–H and O–H groups in total. The molecule has 0 aliphatic heterocycles. The van der Waals surface area contributed by atoms with E-state index in [1.54, 1.807) is 11.8 Å². The molecule has 0 bridgehead atoms. The van der Waals surface area contributed by atoms with Gasteiger partial charge in [0.2, 0.25) is 10.0 Å². The summed E-state index contributed by atoms with van der Waals surface area (Å²) in [5.41, 5.74) is -0.185. The van der Waals surface area contributed by atoms with E-state index in [2.05, 4.69) is 9.46 Å². The van der Waals surface area contributed by atoms with Gasteiger partial charge in [-0.25, -0.2) is 22.3 Å². The third-order valence-corrected chi connectivity index (χ3v) is 4.90. The monoisotopic (exact) mass is 335 g/mol. The molecule has 0 unspecified atom stereocenters. The van der Waals surface area contributed by atoms with E-state index in [0.717, 1.165) is 37.5 Å². The Morgan fingerprint density at radius 2 is 2.10 bits per heavy atom. The first-order valence-electron chi connectivity index (χ1n) is 6.29. The van der Waals surface area contributed by atoms with Crippen molar-refractivity contribution in [1.82, 2.24) is 4.72 Å². The minimum absolute atomic E-state index is 0.185. The zero-order chi connectivity index (χ0) is 15.9. The number of thioether (sulfide) groups is 1. The van der Waals surface area contributed by atoms with Gasteiger partial charge in [0.05, 0.1) is 17.6 Å². The molecule has 1 aromatic rings. The number of unbranched alkanes of at least 4 members (excludes halogenated alkanes) is 1. The summed E-state index contributed by atoms with van der Waals surface area (Å²) in [6.45, 7) is 0.236. The first kappa shape index (κ1) is 17.9. The number of rotatable bonds is 8. The summed E-state index contributed by atoms with van der Waals surface area (Å²) in [6, 6.07) is 2.93. The van der Waals surface area contributed by atoms with Crippen LogP contribution in [0.2, 0.25) is 0 Å². The van der Waals surface area contributed by atoms with Crippen LogP contribution < -0.4 is 4.72 Å². The van der Waals surface area contributed by atoms with E-state index in [0.29, 0.717) is 6.42 Å². The zero-order valence-electron chi connectivity index (χ0n) is 11.9. The maximum atomic E-state index is 13.3. The van der Waals surface area contributed by atoms with Crippen molar-refractivity contribution in [2.75, 3.05) is 25.7 Å². The van der Waals surface area contributed by atoms with Crippen molar-refractivity contribution in [3.8, 4) is 0 Å². The highest BCUT2D eigenvalue weighted by Gasteiger charge is 2.23. The summed E-state index contributed by atoms with van der Waals surface area (Å²) >= 11 is 1.68. The van der Waals surface area contributed by atoms with Crippen LogP contribution in [0.15, 0.2) is 23.1 Å². The normalized spacial score (nSPS) is 11.4. The van der Waals surface area contributed by atoms with Crippen LogP contribution in [0.25, 0.3) is 0 Å². The smallest absolute Gasteiger partial charge is 0.339 e. The summed E-state index contributed by atoms with van der Waals surface area (Å²) in [5.74, 6) is -0.613. The van der Waals surface area contributed by atoms with Crippen LogP contribution in [0, 0.1) is 5.82 Å². The number of carbonyl (C=O) groups is 1. The predicted octanol–water partition coefficient (Wildman–Crippen LogP) is 2.03. The first-order valence-corrected chi connectivity index (χ1v) is 9.16. The van der Waals surface area contributed by atoms with E-state index in [-0.39, 0.29) is 12.1 Å². The SMILES string of the molecule is COC(=O)c1ccc(F)cc1S(=O)(=O)NCCCCSC. The quantitative estimate of drug-likeness (QED) is 0.581. The van der Waals surface area contributed by atoms with Gasteiger partial charge >= 0.3 is 5.97 Å². The summed E-state index contributed by atoms with van der Waals surface area (Å²) in [4.78, 5) is 11.2. The summed E-state index contributed by atoms with van der Waals surface area (Å²) in [5, 5.41) is 0.